The second-order valence-corrected chi connectivity index (χ2v) is 4.22. The Balaban J connectivity index is -0.0000000400. The van der Waals surface area contributed by atoms with Gasteiger partial charge in [0.25, 0.3) is 0 Å². The molecule has 0 rings (SSSR count). The average Bonchev–Trinajstić information content (AvgIpc) is 1.41. The van der Waals surface area contributed by atoms with Crippen molar-refractivity contribution in [2.75, 3.05) is 0 Å². The summed E-state index contributed by atoms with van der Waals surface area (Å²) in [4.78, 5) is 72.9. The van der Waals surface area contributed by atoms with E-state index in [0.717, 1.165) is 0 Å². The third-order valence-corrected chi connectivity index (χ3v) is 0. The van der Waals surface area contributed by atoms with E-state index >= 15 is 0 Å². The van der Waals surface area contributed by atoms with Crippen molar-refractivity contribution in [3.63, 3.8) is 0 Å². The van der Waals surface area contributed by atoms with E-state index in [1.807, 2.05) is 0 Å². The van der Waals surface area contributed by atoms with Crippen LogP contribution in [0.2, 0.25) is 0 Å². The predicted octanol–water partition coefficient (Wildman–Crippen LogP) is -6.58. The fraction of sp³-hybridized carbons (Fsp3) is 0. The molecule has 17 heavy (non-hydrogen) atoms. The van der Waals surface area contributed by atoms with E-state index in [1.165, 1.54) is 0 Å². The van der Waals surface area contributed by atoms with Gasteiger partial charge in [-0.25, -0.2) is 0 Å². The van der Waals surface area contributed by atoms with Crippen molar-refractivity contribution in [2.45, 2.75) is 0 Å². The molecular formula is H3O12P3Sm2. The van der Waals surface area contributed by atoms with Crippen molar-refractivity contribution in [2.24, 2.45) is 0 Å². The van der Waals surface area contributed by atoms with Crippen LogP contribution in [-0.2, 0) is 13.7 Å². The molecule has 0 aliphatic carbocycles. The molecule has 0 aromatic rings. The van der Waals surface area contributed by atoms with Crippen molar-refractivity contribution < 1.29 is 139 Å². The van der Waals surface area contributed by atoms with E-state index in [0.29, 0.717) is 0 Å². The minimum absolute atomic E-state index is 0. The molecule has 0 aromatic carbocycles. The maximum Gasteiger partial charge on any atom is 3.00 e. The first-order valence-corrected chi connectivity index (χ1v) is 6.73. The molecule has 12 nitrogen and oxygen atoms in total. The van der Waals surface area contributed by atoms with Crippen LogP contribution in [0.15, 0.2) is 0 Å². The van der Waals surface area contributed by atoms with Crippen molar-refractivity contribution >= 4 is 23.5 Å². The van der Waals surface area contributed by atoms with Crippen LogP contribution in [0, 0.1) is 80.8 Å². The van der Waals surface area contributed by atoms with Gasteiger partial charge in [-0.05, 0) is 0 Å². The smallest absolute Gasteiger partial charge is 0.790 e. The molecule has 0 bridgehead atoms. The molecule has 0 aliphatic heterocycles. The number of hydrogen-bond donors (Lipinski definition) is 3. The molecule has 3 N–H and O–H groups in total. The zero-order valence-corrected chi connectivity index (χ0v) is 15.1. The van der Waals surface area contributed by atoms with E-state index in [1.54, 1.807) is 0 Å². The normalized spacial score (nSPS) is 10.4. The van der Waals surface area contributed by atoms with Gasteiger partial charge in [-0.1, -0.05) is 0 Å². The fourth-order valence-corrected chi connectivity index (χ4v) is 0. The number of hydrogen-bond acceptors (Lipinski definition) is 9. The van der Waals surface area contributed by atoms with Gasteiger partial charge < -0.3 is 57.7 Å². The van der Waals surface area contributed by atoms with Gasteiger partial charge in [0, 0.05) is 0 Å². The Morgan fingerprint density at radius 1 is 0.529 bits per heavy atom. The summed E-state index contributed by atoms with van der Waals surface area (Å²) in [6.45, 7) is 0. The Kier molecular flexibility index (Phi) is 26.4. The van der Waals surface area contributed by atoms with Gasteiger partial charge in [-0.2, -0.15) is 0 Å². The molecule has 0 unspecified atom stereocenters. The Morgan fingerprint density at radius 2 is 0.529 bits per heavy atom. The Hall–Kier alpha value is 3.01. The first-order chi connectivity index (χ1) is 6.00. The fourth-order valence-electron chi connectivity index (χ4n) is 0. The van der Waals surface area contributed by atoms with E-state index in [9.17, 15) is 0 Å². The molecule has 0 saturated carbocycles. The van der Waals surface area contributed by atoms with E-state index < -0.39 is 23.5 Å². The van der Waals surface area contributed by atoms with Gasteiger partial charge in [-0.15, -0.1) is 0 Å². The van der Waals surface area contributed by atoms with Gasteiger partial charge in [0.1, 0.15) is 0 Å². The van der Waals surface area contributed by atoms with Crippen LogP contribution in [0.3, 0.4) is 0 Å². The molecule has 0 aliphatic rings. The summed E-state index contributed by atoms with van der Waals surface area (Å²) in [6, 6.07) is 0. The Bertz CT molecular complexity index is 206. The van der Waals surface area contributed by atoms with Gasteiger partial charge in [0.15, 0.2) is 0 Å². The van der Waals surface area contributed by atoms with Crippen molar-refractivity contribution in [3.05, 3.63) is 0 Å². The summed E-state index contributed by atoms with van der Waals surface area (Å²) in [7, 11) is -15.4. The van der Waals surface area contributed by atoms with Crippen LogP contribution in [0.5, 0.6) is 0 Å². The maximum atomic E-state index is 8.66. The third kappa shape index (κ3) is 609. The van der Waals surface area contributed by atoms with Crippen molar-refractivity contribution in [1.82, 2.24) is 0 Å². The van der Waals surface area contributed by atoms with Crippen LogP contribution < -0.4 is 29.4 Å². The van der Waals surface area contributed by atoms with E-state index in [-0.39, 0.29) is 80.8 Å². The van der Waals surface area contributed by atoms with Crippen LogP contribution in [0.1, 0.15) is 0 Å². The average molecular weight is 589 g/mol. The second kappa shape index (κ2) is 14.0. The monoisotopic (exact) mass is 592 g/mol. The van der Waals surface area contributed by atoms with Gasteiger partial charge in [-0.3, -0.25) is 0 Å². The van der Waals surface area contributed by atoms with Crippen LogP contribution >= 0.6 is 23.5 Å². The molecule has 2 radical (unpaired) electrons. The summed E-state index contributed by atoms with van der Waals surface area (Å²) in [5.74, 6) is 0. The molecule has 102 valence electrons. The molecule has 0 atom stereocenters. The zero-order chi connectivity index (χ0) is 13.5. The first kappa shape index (κ1) is 32.1. The summed E-state index contributed by atoms with van der Waals surface area (Å²) in [6.07, 6.45) is 0. The van der Waals surface area contributed by atoms with Crippen molar-refractivity contribution in [3.8, 4) is 0 Å². The predicted molar refractivity (Wildman–Crippen MR) is 29.5 cm³/mol. The largest absolute Gasteiger partial charge is 3.00 e. The van der Waals surface area contributed by atoms with Crippen LogP contribution in [0.4, 0.5) is 0 Å². The van der Waals surface area contributed by atoms with Gasteiger partial charge >= 0.3 is 80.8 Å². The maximum absolute atomic E-state index is 8.66. The topological polar surface area (TPSA) is 250 Å². The minimum atomic E-state index is -5.14. The van der Waals surface area contributed by atoms with Crippen molar-refractivity contribution in [1.29, 1.82) is 0 Å². The molecule has 0 amide bonds. The number of phosphoric acid groups is 3. The molecule has 0 aromatic heterocycles. The standard InChI is InChI=1S/3H3O4P.2Sm/c3*1-5(2,3)4;;/h3*(H3,1,2,3,4);;/q;;;2*+3/p-6. The molecule has 0 fully saturated rings. The molecule has 17 heteroatoms. The third-order valence-electron chi connectivity index (χ3n) is 0. The molecular weight excluding hydrogens is 586 g/mol. The first-order valence-electron chi connectivity index (χ1n) is 2.24. The minimum Gasteiger partial charge on any atom is -0.790 e. The van der Waals surface area contributed by atoms with Gasteiger partial charge in [0.05, 0.1) is 23.5 Å². The van der Waals surface area contributed by atoms with Crippen LogP contribution in [-0.4, -0.2) is 14.7 Å². The molecule has 0 saturated heterocycles. The zero-order valence-electron chi connectivity index (χ0n) is 7.17. The molecule has 0 spiro atoms. The van der Waals surface area contributed by atoms with E-state index in [4.69, 9.17) is 57.7 Å². The second-order valence-electron chi connectivity index (χ2n) is 1.41. The van der Waals surface area contributed by atoms with Crippen LogP contribution in [0.25, 0.3) is 0 Å². The molecule has 0 heterocycles. The summed E-state index contributed by atoms with van der Waals surface area (Å²) in [5.41, 5.74) is 0. The Morgan fingerprint density at radius 3 is 0.529 bits per heavy atom. The Labute approximate surface area is 159 Å². The summed E-state index contributed by atoms with van der Waals surface area (Å²) >= 11 is 0. The quantitative estimate of drug-likeness (QED) is 0.223. The van der Waals surface area contributed by atoms with Gasteiger partial charge in [0.2, 0.25) is 0 Å². The summed E-state index contributed by atoms with van der Waals surface area (Å²) < 4.78 is 26.0. The summed E-state index contributed by atoms with van der Waals surface area (Å²) in [5, 5.41) is 0. The van der Waals surface area contributed by atoms with E-state index in [2.05, 4.69) is 0 Å². The SMILES string of the molecule is O=P([O-])([O-])O.O=P([O-])([O-])O.O=P([O-])([O-])O.[Sm+3].[Sm+3]. The number of rotatable bonds is 0.